The van der Waals surface area contributed by atoms with Crippen molar-refractivity contribution < 1.29 is 23.4 Å². The monoisotopic (exact) mass is 352 g/mol. The molecule has 0 aromatic heterocycles. The van der Waals surface area contributed by atoms with Gasteiger partial charge in [-0.05, 0) is 50.0 Å². The molecule has 0 radical (unpaired) electrons. The van der Waals surface area contributed by atoms with Crippen LogP contribution in [0.5, 0.6) is 0 Å². The molecule has 2 saturated carbocycles. The maximum Gasteiger partial charge on any atom is 0.312 e. The van der Waals surface area contributed by atoms with Gasteiger partial charge in [-0.2, -0.15) is 0 Å². The Kier molecular flexibility index (Phi) is 5.42. The molecule has 2 aliphatic carbocycles. The maximum absolute atomic E-state index is 13.7. The minimum absolute atomic E-state index is 0.0234. The number of carbonyl (C=O) groups excluding carboxylic acids is 1. The third-order valence-corrected chi connectivity index (χ3v) is 5.97. The van der Waals surface area contributed by atoms with Gasteiger partial charge in [-0.1, -0.05) is 30.3 Å². The molecule has 5 heteroatoms. The number of halogens is 2. The van der Waals surface area contributed by atoms with Gasteiger partial charge in [0.05, 0.1) is 11.5 Å². The highest BCUT2D eigenvalue weighted by Gasteiger charge is 2.53. The van der Waals surface area contributed by atoms with Gasteiger partial charge in [0, 0.05) is 12.8 Å². The summed E-state index contributed by atoms with van der Waals surface area (Å²) in [4.78, 5) is 13.0. The van der Waals surface area contributed by atoms with E-state index in [0.717, 1.165) is 5.56 Å². The molecular formula is C20H26F2O3. The normalized spacial score (nSPS) is 28.3. The Labute approximate surface area is 147 Å². The van der Waals surface area contributed by atoms with E-state index in [1.165, 1.54) is 0 Å². The summed E-state index contributed by atoms with van der Waals surface area (Å²) in [7, 11) is 0. The molecule has 1 N–H and O–H groups in total. The molecule has 3 rings (SSSR count). The molecule has 0 spiro atoms. The summed E-state index contributed by atoms with van der Waals surface area (Å²) in [6.45, 7) is 0.174. The van der Waals surface area contributed by atoms with Crippen molar-refractivity contribution in [1.29, 1.82) is 0 Å². The van der Waals surface area contributed by atoms with Gasteiger partial charge >= 0.3 is 5.97 Å². The average molecular weight is 352 g/mol. The Bertz CT molecular complexity index is 570. The molecule has 1 aromatic carbocycles. The van der Waals surface area contributed by atoms with Gasteiger partial charge in [0.25, 0.3) is 0 Å². The summed E-state index contributed by atoms with van der Waals surface area (Å²) in [6.07, 6.45) is 2.17. The quantitative estimate of drug-likeness (QED) is 0.813. The van der Waals surface area contributed by atoms with Crippen LogP contribution in [0.1, 0.15) is 56.9 Å². The highest BCUT2D eigenvalue weighted by atomic mass is 19.3. The van der Waals surface area contributed by atoms with E-state index in [2.05, 4.69) is 0 Å². The van der Waals surface area contributed by atoms with Gasteiger partial charge < -0.3 is 9.84 Å². The van der Waals surface area contributed by atoms with Crippen LogP contribution in [0, 0.1) is 11.3 Å². The van der Waals surface area contributed by atoms with E-state index >= 15 is 0 Å². The zero-order valence-corrected chi connectivity index (χ0v) is 14.4. The lowest BCUT2D eigenvalue weighted by Crippen LogP contribution is -2.46. The Hall–Kier alpha value is -1.49. The molecule has 0 amide bonds. The molecule has 138 valence electrons. The Morgan fingerprint density at radius 3 is 2.24 bits per heavy atom. The van der Waals surface area contributed by atoms with E-state index in [1.807, 2.05) is 30.3 Å². The molecule has 0 heterocycles. The molecule has 2 aliphatic rings. The number of rotatable bonds is 4. The number of esters is 1. The van der Waals surface area contributed by atoms with Crippen LogP contribution in [0.4, 0.5) is 8.78 Å². The van der Waals surface area contributed by atoms with Gasteiger partial charge in [0.1, 0.15) is 6.61 Å². The first-order chi connectivity index (χ1) is 11.9. The van der Waals surface area contributed by atoms with Crippen LogP contribution in [0.3, 0.4) is 0 Å². The fourth-order valence-electron chi connectivity index (χ4n) is 4.34. The second-order valence-electron chi connectivity index (χ2n) is 7.58. The van der Waals surface area contributed by atoms with Crippen LogP contribution >= 0.6 is 0 Å². The zero-order valence-electron chi connectivity index (χ0n) is 14.4. The number of carbonyl (C=O) groups is 1. The molecule has 0 unspecified atom stereocenters. The first-order valence-electron chi connectivity index (χ1n) is 9.18. The zero-order chi connectivity index (χ0) is 17.9. The number of hydrogen-bond acceptors (Lipinski definition) is 3. The van der Waals surface area contributed by atoms with Crippen molar-refractivity contribution in [2.75, 3.05) is 0 Å². The molecule has 25 heavy (non-hydrogen) atoms. The van der Waals surface area contributed by atoms with E-state index in [4.69, 9.17) is 4.74 Å². The molecule has 2 fully saturated rings. The summed E-state index contributed by atoms with van der Waals surface area (Å²) in [5.74, 6) is -3.00. The van der Waals surface area contributed by atoms with Gasteiger partial charge in [-0.25, -0.2) is 8.78 Å². The molecule has 3 nitrogen and oxygen atoms in total. The minimum Gasteiger partial charge on any atom is -0.460 e. The van der Waals surface area contributed by atoms with Crippen LogP contribution in [-0.4, -0.2) is 23.1 Å². The molecular weight excluding hydrogens is 326 g/mol. The molecule has 0 atom stereocenters. The van der Waals surface area contributed by atoms with Crippen LogP contribution in [0.25, 0.3) is 0 Å². The number of alkyl halides is 2. The summed E-state index contributed by atoms with van der Waals surface area (Å²) >= 11 is 0. The lowest BCUT2D eigenvalue weighted by atomic mass is 9.61. The van der Waals surface area contributed by atoms with E-state index in [1.54, 1.807) is 0 Å². The third kappa shape index (κ3) is 4.20. The minimum atomic E-state index is -2.68. The Morgan fingerprint density at radius 1 is 1.04 bits per heavy atom. The van der Waals surface area contributed by atoms with Crippen molar-refractivity contribution in [1.82, 2.24) is 0 Å². The largest absolute Gasteiger partial charge is 0.460 e. The van der Waals surface area contributed by atoms with Crippen molar-refractivity contribution >= 4 is 5.97 Å². The second kappa shape index (κ2) is 7.40. The number of aliphatic hydroxyl groups excluding tert-OH is 1. The predicted molar refractivity (Wildman–Crippen MR) is 90.1 cm³/mol. The van der Waals surface area contributed by atoms with Crippen LogP contribution in [0.2, 0.25) is 0 Å². The standard InChI is InChI=1S/C20H26F2O3/c21-20(22)12-10-19(11-13-20,16-6-8-17(23)9-7-16)18(24)25-14-15-4-2-1-3-5-15/h1-5,16-17,23H,6-14H2. The number of ether oxygens (including phenoxy) is 1. The fraction of sp³-hybridized carbons (Fsp3) is 0.650. The number of aliphatic hydroxyl groups is 1. The second-order valence-corrected chi connectivity index (χ2v) is 7.58. The molecule has 0 aliphatic heterocycles. The molecule has 0 bridgehead atoms. The lowest BCUT2D eigenvalue weighted by molar-refractivity contribution is -0.173. The highest BCUT2D eigenvalue weighted by molar-refractivity contribution is 5.77. The van der Waals surface area contributed by atoms with Crippen molar-refractivity contribution in [3.8, 4) is 0 Å². The predicted octanol–water partition coefficient (Wildman–Crippen LogP) is 4.48. The average Bonchev–Trinajstić information content (AvgIpc) is 2.62. The van der Waals surface area contributed by atoms with Crippen LogP contribution in [-0.2, 0) is 16.1 Å². The van der Waals surface area contributed by atoms with Crippen molar-refractivity contribution in [3.63, 3.8) is 0 Å². The van der Waals surface area contributed by atoms with E-state index in [-0.39, 0.29) is 50.3 Å². The van der Waals surface area contributed by atoms with E-state index in [9.17, 15) is 18.7 Å². The smallest absolute Gasteiger partial charge is 0.312 e. The van der Waals surface area contributed by atoms with E-state index < -0.39 is 11.3 Å². The van der Waals surface area contributed by atoms with Crippen molar-refractivity contribution in [2.45, 2.75) is 70.0 Å². The van der Waals surface area contributed by atoms with Crippen LogP contribution in [0.15, 0.2) is 30.3 Å². The highest BCUT2D eigenvalue weighted by Crippen LogP contribution is 2.52. The van der Waals surface area contributed by atoms with Crippen molar-refractivity contribution in [2.24, 2.45) is 11.3 Å². The van der Waals surface area contributed by atoms with Gasteiger partial charge in [-0.3, -0.25) is 4.79 Å². The molecule has 1 aromatic rings. The van der Waals surface area contributed by atoms with Crippen LogP contribution < -0.4 is 0 Å². The molecule has 0 saturated heterocycles. The van der Waals surface area contributed by atoms with E-state index in [0.29, 0.717) is 25.7 Å². The number of benzene rings is 1. The van der Waals surface area contributed by atoms with Gasteiger partial charge in [-0.15, -0.1) is 0 Å². The topological polar surface area (TPSA) is 46.5 Å². The first-order valence-corrected chi connectivity index (χ1v) is 9.18. The lowest BCUT2D eigenvalue weighted by Gasteiger charge is -2.45. The maximum atomic E-state index is 13.7. The summed E-state index contributed by atoms with van der Waals surface area (Å²) in [5, 5.41) is 9.75. The fourth-order valence-corrected chi connectivity index (χ4v) is 4.34. The van der Waals surface area contributed by atoms with Gasteiger partial charge in [0.15, 0.2) is 0 Å². The summed E-state index contributed by atoms with van der Waals surface area (Å²) < 4.78 is 33.0. The number of hydrogen-bond donors (Lipinski definition) is 1. The first kappa shape index (κ1) is 18.3. The third-order valence-electron chi connectivity index (χ3n) is 5.97. The SMILES string of the molecule is O=C(OCc1ccccc1)C1(C2CCC(O)CC2)CCC(F)(F)CC1. The Morgan fingerprint density at radius 2 is 1.64 bits per heavy atom. The summed E-state index contributed by atoms with van der Waals surface area (Å²) in [6, 6.07) is 9.41. The van der Waals surface area contributed by atoms with Crippen molar-refractivity contribution in [3.05, 3.63) is 35.9 Å². The Balaban J connectivity index is 1.72. The summed E-state index contributed by atoms with van der Waals surface area (Å²) in [5.41, 5.74) is 0.0718. The van der Waals surface area contributed by atoms with Gasteiger partial charge in [0.2, 0.25) is 5.92 Å².